The molecule has 2 heterocycles. The van der Waals surface area contributed by atoms with Crippen LogP contribution in [0.3, 0.4) is 0 Å². The number of hydrogen-bond donors (Lipinski definition) is 2. The van der Waals surface area contributed by atoms with Crippen molar-refractivity contribution < 1.29 is 28.2 Å². The number of cyclic esters (lactones) is 1. The van der Waals surface area contributed by atoms with E-state index in [0.717, 1.165) is 11.1 Å². The van der Waals surface area contributed by atoms with Crippen LogP contribution in [0.5, 0.6) is 5.75 Å². The summed E-state index contributed by atoms with van der Waals surface area (Å²) in [6.07, 6.45) is -0.858. The van der Waals surface area contributed by atoms with Gasteiger partial charge in [-0.15, -0.1) is 0 Å². The second-order valence-electron chi connectivity index (χ2n) is 6.32. The summed E-state index contributed by atoms with van der Waals surface area (Å²) in [5.74, 6) is -1.71. The van der Waals surface area contributed by atoms with Crippen molar-refractivity contribution in [1.82, 2.24) is 9.97 Å². The molecule has 0 spiro atoms. The SMILES string of the molecule is [CH2-]Oc1ccc([C@H](C)Nc2ncc(F)c(N3C(=O)OC[C@@H]3[C@@H](C)O)n2)cc1F.[Cf]. The molecule has 1 saturated heterocycles. The Balaban J connectivity index is 0.00000300. The van der Waals surface area contributed by atoms with Crippen LogP contribution in [0.25, 0.3) is 0 Å². The van der Waals surface area contributed by atoms with Crippen molar-refractivity contribution in [2.24, 2.45) is 0 Å². The van der Waals surface area contributed by atoms with Crippen molar-refractivity contribution in [3.8, 4) is 5.75 Å². The maximum atomic E-state index is 14.3. The Morgan fingerprint density at radius 2 is 2.10 bits per heavy atom. The number of rotatable bonds is 6. The van der Waals surface area contributed by atoms with E-state index in [1.165, 1.54) is 19.1 Å². The number of aliphatic hydroxyl groups is 1. The molecule has 3 rings (SSSR count). The Kier molecular flexibility index (Phi) is 6.12. The van der Waals surface area contributed by atoms with Gasteiger partial charge >= 0.3 is 6.09 Å². The number of benzene rings is 1. The first-order valence-corrected chi connectivity index (χ1v) is 8.46. The summed E-state index contributed by atoms with van der Waals surface area (Å²) < 4.78 is 37.7. The second-order valence-corrected chi connectivity index (χ2v) is 6.32. The molecule has 0 unspecified atom stereocenters. The maximum absolute atomic E-state index is 14.3. The monoisotopic (exact) mass is 642 g/mol. The first kappa shape index (κ1) is 21.3. The number of ether oxygens (including phenoxy) is 2. The van der Waals surface area contributed by atoms with E-state index in [1.54, 1.807) is 13.0 Å². The number of aliphatic hydroxyl groups excluding tert-OH is 1. The van der Waals surface area contributed by atoms with Gasteiger partial charge in [-0.1, -0.05) is 6.07 Å². The third-order valence-electron chi connectivity index (χ3n) is 4.37. The van der Waals surface area contributed by atoms with Crippen molar-refractivity contribution in [1.29, 1.82) is 0 Å². The Morgan fingerprint density at radius 3 is 2.72 bits per heavy atom. The largest absolute Gasteiger partial charge is 0.663 e. The molecule has 0 aliphatic carbocycles. The van der Waals surface area contributed by atoms with Crippen LogP contribution < -0.4 is 15.0 Å². The van der Waals surface area contributed by atoms with Crippen molar-refractivity contribution in [3.05, 3.63) is 48.7 Å². The Morgan fingerprint density at radius 1 is 1.38 bits per heavy atom. The van der Waals surface area contributed by atoms with Crippen LogP contribution in [0.1, 0.15) is 25.5 Å². The third kappa shape index (κ3) is 4.13. The fraction of sp³-hybridized carbons (Fsp3) is 0.333. The van der Waals surface area contributed by atoms with E-state index in [1.807, 2.05) is 0 Å². The minimum absolute atomic E-state index is 0. The molecule has 3 atom stereocenters. The van der Waals surface area contributed by atoms with E-state index in [2.05, 4.69) is 27.1 Å². The quantitative estimate of drug-likeness (QED) is 0.468. The number of nitrogens with zero attached hydrogens (tertiary/aromatic N) is 3. The summed E-state index contributed by atoms with van der Waals surface area (Å²) in [5.41, 5.74) is 0.565. The summed E-state index contributed by atoms with van der Waals surface area (Å²) >= 11 is 0. The third-order valence-corrected chi connectivity index (χ3v) is 4.37. The molecule has 1 fully saturated rings. The summed E-state index contributed by atoms with van der Waals surface area (Å²) in [5, 5.41) is 12.7. The minimum atomic E-state index is -0.951. The molecule has 1 aliphatic heterocycles. The Hall–Kier alpha value is -4.01. The predicted molar refractivity (Wildman–Crippen MR) is 95.7 cm³/mol. The van der Waals surface area contributed by atoms with Crippen molar-refractivity contribution in [3.63, 3.8) is 0 Å². The Bertz CT molecular complexity index is 887. The molecule has 0 saturated carbocycles. The predicted octanol–water partition coefficient (Wildman–Crippen LogP) is 2.80. The number of halogens is 2. The van der Waals surface area contributed by atoms with Crippen LogP contribution in [-0.4, -0.2) is 39.9 Å². The van der Waals surface area contributed by atoms with Gasteiger partial charge in [0, 0.05) is 0 Å². The van der Waals surface area contributed by atoms with Gasteiger partial charge in [-0.05, 0) is 31.5 Å². The molecule has 0 radical (unpaired) electrons. The molecular weight excluding hydrogens is 625 g/mol. The Labute approximate surface area is 160 Å². The molecule has 8 nitrogen and oxygen atoms in total. The van der Waals surface area contributed by atoms with Gasteiger partial charge in [0.1, 0.15) is 18.4 Å². The first-order valence-electron chi connectivity index (χ1n) is 8.46. The zero-order valence-corrected chi connectivity index (χ0v) is 18.2. The van der Waals surface area contributed by atoms with E-state index in [9.17, 15) is 18.7 Å². The number of aromatic nitrogens is 2. The number of carbonyl (C=O) groups excluding carboxylic acids is 1. The average Bonchev–Trinajstić information content (AvgIpc) is 3.04. The van der Waals surface area contributed by atoms with Gasteiger partial charge < -0.3 is 19.9 Å². The van der Waals surface area contributed by atoms with Crippen LogP contribution in [0.2, 0.25) is 0 Å². The topological polar surface area (TPSA) is 96.8 Å². The molecule has 1 aromatic carbocycles. The molecule has 2 aromatic rings. The van der Waals surface area contributed by atoms with E-state index in [0.29, 0.717) is 5.56 Å². The van der Waals surface area contributed by atoms with Crippen molar-refractivity contribution in [2.75, 3.05) is 16.8 Å². The molecular formula is C18H19CfF2N4O4-. The second kappa shape index (κ2) is 8.34. The molecule has 1 aromatic heterocycles. The smallest absolute Gasteiger partial charge is 0.416 e. The van der Waals surface area contributed by atoms with Gasteiger partial charge in [0.25, 0.3) is 0 Å². The molecule has 29 heavy (non-hydrogen) atoms. The van der Waals surface area contributed by atoms with Crippen LogP contribution in [0.15, 0.2) is 24.4 Å². The van der Waals surface area contributed by atoms with Crippen LogP contribution in [0.4, 0.5) is 25.3 Å². The van der Waals surface area contributed by atoms with Crippen molar-refractivity contribution >= 4 is 17.9 Å². The average molecular weight is 644 g/mol. The normalized spacial score (nSPS) is 17.9. The van der Waals surface area contributed by atoms with Gasteiger partial charge in [0.05, 0.1) is 18.3 Å². The molecule has 160 valence electrons. The zero-order chi connectivity index (χ0) is 20.4. The van der Waals surface area contributed by atoms with Crippen LogP contribution >= 0.6 is 0 Å². The fourth-order valence-electron chi connectivity index (χ4n) is 2.81. The van der Waals surface area contributed by atoms with Gasteiger partial charge in [0.15, 0.2) is 17.5 Å². The minimum Gasteiger partial charge on any atom is -0.663 e. The number of anilines is 2. The van der Waals surface area contributed by atoms with Gasteiger partial charge in [-0.2, -0.15) is 12.1 Å². The van der Waals surface area contributed by atoms with E-state index < -0.39 is 35.9 Å². The summed E-state index contributed by atoms with van der Waals surface area (Å²) in [6.45, 7) is 3.11. The number of nitrogens with one attached hydrogen (secondary N) is 1. The van der Waals surface area contributed by atoms with Crippen LogP contribution in [-0.2, 0) is 4.74 Å². The summed E-state index contributed by atoms with van der Waals surface area (Å²) in [7, 11) is 3.17. The first-order chi connectivity index (χ1) is 13.3. The van der Waals surface area contributed by atoms with Crippen LogP contribution in [0, 0.1) is 18.7 Å². The van der Waals surface area contributed by atoms with Crippen molar-refractivity contribution in [2.45, 2.75) is 32.0 Å². The maximum Gasteiger partial charge on any atom is 0.416 e. The molecule has 11 heteroatoms. The van der Waals surface area contributed by atoms with Gasteiger partial charge in [-0.3, -0.25) is 0 Å². The molecule has 0 bridgehead atoms. The van der Waals surface area contributed by atoms with Gasteiger partial charge in [-0.25, -0.2) is 23.5 Å². The van der Waals surface area contributed by atoms with E-state index >= 15 is 0 Å². The molecule has 2 N–H and O–H groups in total. The summed E-state index contributed by atoms with van der Waals surface area (Å²) in [4.78, 5) is 20.8. The van der Waals surface area contributed by atoms with E-state index in [-0.39, 0.29) is 24.1 Å². The standard InChI is InChI=1S/C18H19F2N4O4.Cf/c1-9(11-4-5-15(27-3)12(19)6-11)22-17-21-7-13(20)16(23-17)24-14(10(2)25)8-28-18(24)26;/h4-7,9-10,14,25H,3,8H2,1-2H3,(H,21,22,23);/q-1;/t9-,10+,14+;/m0./s1. The zero-order valence-electron chi connectivity index (χ0n) is 15.5. The fourth-order valence-corrected chi connectivity index (χ4v) is 2.81. The van der Waals surface area contributed by atoms with E-state index in [4.69, 9.17) is 4.74 Å². The number of amides is 1. The number of carbonyl (C=O) groups is 1. The van der Waals surface area contributed by atoms with Gasteiger partial charge in [0.2, 0.25) is 5.95 Å². The summed E-state index contributed by atoms with van der Waals surface area (Å²) in [6, 6.07) is 3.12. The molecule has 1 amide bonds. The number of hydrogen-bond acceptors (Lipinski definition) is 7. The molecule has 1 aliphatic rings.